The van der Waals surface area contributed by atoms with Crippen LogP contribution in [-0.4, -0.2) is 26.3 Å². The minimum atomic E-state index is 0.297. The van der Waals surface area contributed by atoms with Crippen LogP contribution >= 0.6 is 0 Å². The molecule has 0 atom stereocenters. The first-order valence-corrected chi connectivity index (χ1v) is 2.64. The first-order valence-electron chi connectivity index (χ1n) is 0.993. The van der Waals surface area contributed by atoms with Gasteiger partial charge in [-0.15, -0.1) is 0 Å². The van der Waals surface area contributed by atoms with Crippen molar-refractivity contribution in [2.45, 2.75) is 6.92 Å². The van der Waals surface area contributed by atoms with Gasteiger partial charge >= 0.3 is 38.0 Å². The topological polar surface area (TPSA) is 17.1 Å². The number of carbonyl (C=O) groups is 1. The normalized spacial score (nSPS) is 6.50. The monoisotopic (exact) mass is 164 g/mol. The molecule has 0 aromatic carbocycles. The van der Waals surface area contributed by atoms with E-state index < -0.39 is 0 Å². The summed E-state index contributed by atoms with van der Waals surface area (Å²) >= 11 is 0.762. The summed E-state index contributed by atoms with van der Waals surface area (Å²) < 4.78 is 0.297. The Bertz CT molecular complexity index is 29.0. The molecule has 0 aliphatic rings. The number of hydrogen-bond donors (Lipinski definition) is 0. The summed E-state index contributed by atoms with van der Waals surface area (Å²) in [5, 5.41) is 0. The third-order valence-electron chi connectivity index (χ3n) is 0. The molecule has 0 N–H and O–H groups in total. The van der Waals surface area contributed by atoms with Crippen molar-refractivity contribution in [2.75, 3.05) is 0 Å². The van der Waals surface area contributed by atoms with E-state index >= 15 is 0 Å². The van der Waals surface area contributed by atoms with E-state index in [1.165, 1.54) is 0 Å². The Kier molecular flexibility index (Phi) is 1.96. The molecule has 2 heteroatoms. The van der Waals surface area contributed by atoms with Crippen molar-refractivity contribution in [3.63, 3.8) is 0 Å². The van der Waals surface area contributed by atoms with Gasteiger partial charge in [0.15, 0.2) is 0 Å². The van der Waals surface area contributed by atoms with Crippen molar-refractivity contribution in [1.82, 2.24) is 0 Å². The van der Waals surface area contributed by atoms with E-state index in [0.29, 0.717) is 3.80 Å². The van der Waals surface area contributed by atoms with Gasteiger partial charge in [-0.1, -0.05) is 0 Å². The summed E-state index contributed by atoms with van der Waals surface area (Å²) in [7, 11) is 0. The fourth-order valence-electron chi connectivity index (χ4n) is 0. The Hall–Kier alpha value is 0.469. The fraction of sp³-hybridized carbons (Fsp3) is 0.500. The van der Waals surface area contributed by atoms with Crippen LogP contribution in [0.4, 0.5) is 0 Å². The molecule has 2 radical (unpaired) electrons. The van der Waals surface area contributed by atoms with E-state index in [0.717, 1.165) is 22.5 Å². The van der Waals surface area contributed by atoms with Gasteiger partial charge in [-0.25, -0.2) is 0 Å². The SMILES string of the molecule is C[C](=O)[SnH]. The van der Waals surface area contributed by atoms with Gasteiger partial charge in [-0.3, -0.25) is 0 Å². The molecule has 0 saturated carbocycles. The number of rotatable bonds is 0. The van der Waals surface area contributed by atoms with Gasteiger partial charge in [-0.05, 0) is 0 Å². The molecule has 0 bridgehead atoms. The molecule has 1 nitrogen and oxygen atoms in total. The van der Waals surface area contributed by atoms with Gasteiger partial charge in [0.2, 0.25) is 0 Å². The standard InChI is InChI=1S/C2H3O.Sn.H/c1-2-3;;/h1H3;;. The van der Waals surface area contributed by atoms with E-state index in [1.54, 1.807) is 6.92 Å². The van der Waals surface area contributed by atoms with E-state index in [2.05, 4.69) is 0 Å². The van der Waals surface area contributed by atoms with Crippen LogP contribution in [0.5, 0.6) is 0 Å². The van der Waals surface area contributed by atoms with Gasteiger partial charge < -0.3 is 0 Å². The summed E-state index contributed by atoms with van der Waals surface area (Å²) in [5.41, 5.74) is 0. The molecule has 0 aromatic heterocycles. The zero-order valence-corrected chi connectivity index (χ0v) is 5.78. The van der Waals surface area contributed by atoms with Crippen LogP contribution in [-0.2, 0) is 4.79 Å². The maximum absolute atomic E-state index is 9.50. The molecular formula is C2H4OSn. The Labute approximate surface area is 38.5 Å². The second-order valence-electron chi connectivity index (χ2n) is 0.611. The van der Waals surface area contributed by atoms with Crippen molar-refractivity contribution >= 4 is 26.3 Å². The van der Waals surface area contributed by atoms with Crippen molar-refractivity contribution in [1.29, 1.82) is 0 Å². The summed E-state index contributed by atoms with van der Waals surface area (Å²) in [6.07, 6.45) is 0. The van der Waals surface area contributed by atoms with Crippen molar-refractivity contribution in [3.8, 4) is 0 Å². The van der Waals surface area contributed by atoms with Crippen LogP contribution in [0.1, 0.15) is 6.92 Å². The summed E-state index contributed by atoms with van der Waals surface area (Å²) in [6.45, 7) is 1.59. The molecule has 0 spiro atoms. The summed E-state index contributed by atoms with van der Waals surface area (Å²) in [6, 6.07) is 0. The summed E-state index contributed by atoms with van der Waals surface area (Å²) in [5.74, 6) is 0. The zero-order valence-electron chi connectivity index (χ0n) is 2.49. The molecule has 22 valence electrons. The van der Waals surface area contributed by atoms with E-state index in [1.807, 2.05) is 0 Å². The van der Waals surface area contributed by atoms with Crippen molar-refractivity contribution < 1.29 is 4.79 Å². The molecule has 0 aliphatic heterocycles. The van der Waals surface area contributed by atoms with Gasteiger partial charge in [0, 0.05) is 0 Å². The van der Waals surface area contributed by atoms with Crippen LogP contribution in [0.15, 0.2) is 0 Å². The third kappa shape index (κ3) is 24.2. The van der Waals surface area contributed by atoms with E-state index in [4.69, 9.17) is 0 Å². The average Bonchev–Trinajstić information content (AvgIpc) is 0.811. The third-order valence-corrected chi connectivity index (χ3v) is 0. The van der Waals surface area contributed by atoms with Crippen LogP contribution in [0, 0.1) is 0 Å². The average molecular weight is 163 g/mol. The minimum absolute atomic E-state index is 0.297. The molecule has 0 aromatic rings. The molecular weight excluding hydrogens is 159 g/mol. The second kappa shape index (κ2) is 1.76. The predicted molar refractivity (Wildman–Crippen MR) is 17.8 cm³/mol. The number of carbonyl (C=O) groups excluding carboxylic acids is 1. The molecule has 0 amide bonds. The van der Waals surface area contributed by atoms with Crippen LogP contribution in [0.2, 0.25) is 0 Å². The molecule has 0 fully saturated rings. The van der Waals surface area contributed by atoms with E-state index in [9.17, 15) is 4.79 Å². The Morgan fingerprint density at radius 2 is 2.00 bits per heavy atom. The van der Waals surface area contributed by atoms with Crippen LogP contribution in [0.25, 0.3) is 0 Å². The zero-order chi connectivity index (χ0) is 3.58. The molecule has 0 aliphatic carbocycles. The first-order chi connectivity index (χ1) is 1.73. The first kappa shape index (κ1) is 4.47. The quantitative estimate of drug-likeness (QED) is 0.437. The Morgan fingerprint density at radius 3 is 2.00 bits per heavy atom. The molecule has 0 rings (SSSR count). The van der Waals surface area contributed by atoms with Crippen LogP contribution < -0.4 is 0 Å². The van der Waals surface area contributed by atoms with Crippen LogP contribution in [0.3, 0.4) is 0 Å². The maximum atomic E-state index is 9.50. The molecule has 0 heterocycles. The summed E-state index contributed by atoms with van der Waals surface area (Å²) in [4.78, 5) is 9.50. The fourth-order valence-corrected chi connectivity index (χ4v) is 0. The predicted octanol–water partition coefficient (Wildman–Crippen LogP) is -0.566. The Morgan fingerprint density at radius 1 is 2.00 bits per heavy atom. The Balaban J connectivity index is 2.80. The molecule has 4 heavy (non-hydrogen) atoms. The van der Waals surface area contributed by atoms with Gasteiger partial charge in [0.1, 0.15) is 0 Å². The van der Waals surface area contributed by atoms with Crippen molar-refractivity contribution in [2.24, 2.45) is 0 Å². The van der Waals surface area contributed by atoms with Gasteiger partial charge in [0.05, 0.1) is 0 Å². The number of hydrogen-bond acceptors (Lipinski definition) is 1. The van der Waals surface area contributed by atoms with E-state index in [-0.39, 0.29) is 0 Å². The molecule has 0 unspecified atom stereocenters. The molecule has 0 saturated heterocycles. The van der Waals surface area contributed by atoms with Gasteiger partial charge in [-0.2, -0.15) is 0 Å². The second-order valence-corrected chi connectivity index (χ2v) is 2.93. The van der Waals surface area contributed by atoms with Gasteiger partial charge in [0.25, 0.3) is 0 Å². The van der Waals surface area contributed by atoms with Crippen molar-refractivity contribution in [3.05, 3.63) is 0 Å².